The Hall–Kier alpha value is -8.80. The molecule has 0 aromatic carbocycles. The smallest absolute Gasteiger partial charge is 0.450 e. The molecule has 0 unspecified atom stereocenters. The summed E-state index contributed by atoms with van der Waals surface area (Å²) in [5.41, 5.74) is 0. The quantitative estimate of drug-likeness (QED) is 0.169. The Kier molecular flexibility index (Phi) is 132. The highest BCUT2D eigenvalue weighted by Crippen LogP contribution is 1.47. The molecule has 0 aliphatic carbocycles. The van der Waals surface area contributed by atoms with E-state index in [9.17, 15) is 0 Å². The normalized spacial score (nSPS) is 5.88. The Morgan fingerprint density at radius 2 is 0.143 bits per heavy atom. The maximum atomic E-state index is 8.56. The van der Waals surface area contributed by atoms with Crippen molar-refractivity contribution in [2.75, 3.05) is 0 Å². The van der Waals surface area contributed by atoms with Gasteiger partial charge in [-0.25, -0.2) is 57.5 Å². The van der Waals surface area contributed by atoms with Crippen molar-refractivity contribution in [3.8, 4) is 0 Å². The van der Waals surface area contributed by atoms with Gasteiger partial charge in [-0.15, -0.1) is 0 Å². The largest absolute Gasteiger partial charge is 0.503 e. The molecule has 0 saturated carbocycles. The molecule has 0 atom stereocenters. The predicted molar refractivity (Wildman–Crippen MR) is 133 cm³/mol. The molecule has 37 nitrogen and oxygen atoms in total. The second kappa shape index (κ2) is 77.3. The lowest BCUT2D eigenvalue weighted by molar-refractivity contribution is 0.135. The maximum Gasteiger partial charge on any atom is 0.503 e. The molecule has 296 valence electrons. The fourth-order valence-electron chi connectivity index (χ4n) is 0. The van der Waals surface area contributed by atoms with Crippen molar-refractivity contribution in [2.45, 2.75) is 0 Å². The summed E-state index contributed by atoms with van der Waals surface area (Å²) in [4.78, 5) is 103. The van der Waals surface area contributed by atoms with Gasteiger partial charge in [-0.3, -0.25) is 0 Å². The summed E-state index contributed by atoms with van der Waals surface area (Å²) in [5, 5.41) is 167. The van der Waals surface area contributed by atoms with Crippen molar-refractivity contribution in [2.24, 2.45) is 0 Å². The number of hydrogen-bond donors (Lipinski definition) is 25. The van der Waals surface area contributed by atoms with E-state index in [1.54, 1.807) is 0 Å². The van der Waals surface area contributed by atoms with Crippen molar-refractivity contribution in [3.63, 3.8) is 0 Å². The van der Waals surface area contributed by atoms with Crippen molar-refractivity contribution < 1.29 is 180 Å². The van der Waals surface area contributed by atoms with Gasteiger partial charge in [0.15, 0.2) is 0 Å². The van der Waals surface area contributed by atoms with Gasteiger partial charge >= 0.3 is 73.9 Å². The second-order valence-electron chi connectivity index (χ2n) is 3.39. The Morgan fingerprint density at radius 3 is 0.143 bits per heavy atom. The van der Waals surface area contributed by atoms with Crippen LogP contribution >= 0.6 is 0 Å². The van der Waals surface area contributed by atoms with E-state index in [-0.39, 0.29) is 6.15 Å². The second-order valence-corrected chi connectivity index (χ2v) is 3.39. The summed E-state index contributed by atoms with van der Waals surface area (Å²) in [5.74, 6) is 0. The van der Waals surface area contributed by atoms with Gasteiger partial charge in [-0.1, -0.05) is 0 Å². The summed E-state index contributed by atoms with van der Waals surface area (Å²) >= 11 is 0. The number of carbonyl (C=O) groups is 12. The van der Waals surface area contributed by atoms with E-state index in [0.29, 0.717) is 0 Å². The van der Waals surface area contributed by atoms with E-state index in [0.717, 1.165) is 0 Å². The van der Waals surface area contributed by atoms with E-state index in [1.807, 2.05) is 0 Å². The molecular weight excluding hydrogens is 734 g/mol. The van der Waals surface area contributed by atoms with Crippen molar-refractivity contribution in [1.82, 2.24) is 6.15 Å². The molecule has 27 N–H and O–H groups in total. The number of hydrogen-bond acceptors (Lipinski definition) is 13. The summed E-state index contributed by atoms with van der Waals surface area (Å²) in [7, 11) is 0. The third kappa shape index (κ3) is 700. The lowest BCUT2D eigenvalue weighted by Crippen LogP contribution is -1.81. The van der Waals surface area contributed by atoms with Gasteiger partial charge in [0.25, 0.3) is 0 Å². The van der Waals surface area contributed by atoms with Crippen molar-refractivity contribution >= 4 is 73.9 Å². The zero-order valence-electron chi connectivity index (χ0n) is 22.3. The zero-order chi connectivity index (χ0) is 42.9. The van der Waals surface area contributed by atoms with Crippen molar-refractivity contribution in [1.29, 1.82) is 0 Å². The van der Waals surface area contributed by atoms with Crippen LogP contribution in [-0.4, -0.2) is 196 Å². The van der Waals surface area contributed by atoms with Crippen molar-refractivity contribution in [3.05, 3.63) is 0 Å². The van der Waals surface area contributed by atoms with Gasteiger partial charge in [0.2, 0.25) is 0 Å². The van der Waals surface area contributed by atoms with Crippen LogP contribution in [0.2, 0.25) is 0 Å². The molecule has 0 saturated heterocycles. The van der Waals surface area contributed by atoms with E-state index in [4.69, 9.17) is 180 Å². The SMILES string of the molecule is N.O=C(O)O.O=C(O)O.O=C(O)O.O=C(O)O.O=C(O)O.O=C(O)O.O=C(O)O.O=C(O)O.O=C(O)O.O=C(O)O.O=C(O)O.O=C(O)O. The molecule has 0 aliphatic heterocycles. The molecule has 37 heteroatoms. The predicted octanol–water partition coefficient (Wildman–Crippen LogP) is 2.83. The van der Waals surface area contributed by atoms with E-state index in [1.165, 1.54) is 0 Å². The third-order valence-corrected chi connectivity index (χ3v) is 0. The van der Waals surface area contributed by atoms with Gasteiger partial charge in [-0.05, 0) is 0 Å². The molecule has 0 spiro atoms. The molecule has 49 heavy (non-hydrogen) atoms. The van der Waals surface area contributed by atoms with Gasteiger partial charge in [0.05, 0.1) is 0 Å². The molecule has 0 rings (SSSR count). The minimum Gasteiger partial charge on any atom is -0.450 e. The lowest BCUT2D eigenvalue weighted by Gasteiger charge is -1.60. The Bertz CT molecular complexity index is 580. The van der Waals surface area contributed by atoms with Crippen LogP contribution in [0.4, 0.5) is 57.5 Å². The van der Waals surface area contributed by atoms with E-state index in [2.05, 4.69) is 0 Å². The highest BCUT2D eigenvalue weighted by molar-refractivity contribution is 5.55. The van der Waals surface area contributed by atoms with Crippen LogP contribution in [0.25, 0.3) is 0 Å². The molecule has 0 aliphatic rings. The third-order valence-electron chi connectivity index (χ3n) is 0. The lowest BCUT2D eigenvalue weighted by atomic mass is 11.5. The van der Waals surface area contributed by atoms with Gasteiger partial charge in [0.1, 0.15) is 0 Å². The van der Waals surface area contributed by atoms with Gasteiger partial charge < -0.3 is 129 Å². The summed E-state index contributed by atoms with van der Waals surface area (Å²) in [6.07, 6.45) is -22.0. The summed E-state index contributed by atoms with van der Waals surface area (Å²) in [6, 6.07) is 0. The van der Waals surface area contributed by atoms with Crippen LogP contribution in [0.15, 0.2) is 0 Å². The highest BCUT2D eigenvalue weighted by Gasteiger charge is 1.74. The molecule has 0 aromatic rings. The topological polar surface area (TPSA) is 725 Å². The molecule has 0 radical (unpaired) electrons. The molecule has 0 bridgehead atoms. The number of rotatable bonds is 0. The number of carboxylic acid groups (broad SMARTS) is 24. The Morgan fingerprint density at radius 1 is 0.143 bits per heavy atom. The van der Waals surface area contributed by atoms with Crippen LogP contribution in [0, 0.1) is 0 Å². The molecule has 0 fully saturated rings. The fourth-order valence-corrected chi connectivity index (χ4v) is 0. The average Bonchev–Trinajstić information content (AvgIpc) is 2.61. The van der Waals surface area contributed by atoms with Crippen LogP contribution in [0.1, 0.15) is 0 Å². The van der Waals surface area contributed by atoms with E-state index >= 15 is 0 Å². The average molecular weight is 761 g/mol. The van der Waals surface area contributed by atoms with Gasteiger partial charge in [0, 0.05) is 0 Å². The summed E-state index contributed by atoms with van der Waals surface area (Å²) in [6.45, 7) is 0. The van der Waals surface area contributed by atoms with Crippen LogP contribution in [0.5, 0.6) is 0 Å². The maximum absolute atomic E-state index is 8.56. The van der Waals surface area contributed by atoms with Crippen LogP contribution < -0.4 is 6.15 Å². The fraction of sp³-hybridized carbons (Fsp3) is 0. The standard InChI is InChI=1S/12CH2O3.H3N/c12*2-1(3)4;/h12*(H2,2,3,4);1H3. The molecular formula is C12H27NO36. The monoisotopic (exact) mass is 761 g/mol. The minimum atomic E-state index is -1.83. The molecule has 0 aromatic heterocycles. The zero-order valence-corrected chi connectivity index (χ0v) is 22.3. The highest BCUT2D eigenvalue weighted by atomic mass is 16.6. The first-order valence-electron chi connectivity index (χ1n) is 7.82. The first-order chi connectivity index (χ1) is 20.8. The summed E-state index contributed by atoms with van der Waals surface area (Å²) < 4.78 is 0. The Balaban J connectivity index is -0.0000000262. The Labute approximate surface area is 261 Å². The minimum absolute atomic E-state index is 0. The van der Waals surface area contributed by atoms with Crippen LogP contribution in [-0.2, 0) is 0 Å². The molecule has 0 heterocycles. The van der Waals surface area contributed by atoms with Crippen LogP contribution in [0.3, 0.4) is 0 Å². The first-order valence-corrected chi connectivity index (χ1v) is 7.82. The first kappa shape index (κ1) is 83.5. The van der Waals surface area contributed by atoms with E-state index < -0.39 is 73.9 Å². The van der Waals surface area contributed by atoms with Gasteiger partial charge in [-0.2, -0.15) is 0 Å². The molecule has 0 amide bonds.